The van der Waals surface area contributed by atoms with Crippen LogP contribution in [0.3, 0.4) is 0 Å². The fourth-order valence-electron chi connectivity index (χ4n) is 4.40. The van der Waals surface area contributed by atoms with Crippen LogP contribution in [0.4, 0.5) is 10.5 Å². The summed E-state index contributed by atoms with van der Waals surface area (Å²) in [4.78, 5) is 24.0. The molecule has 2 N–H and O–H groups in total. The number of carbonyl (C=O) groups excluding carboxylic acids is 1. The molecule has 0 aromatic heterocycles. The maximum atomic E-state index is 12.5. The van der Waals surface area contributed by atoms with Crippen molar-refractivity contribution in [2.45, 2.75) is 24.2 Å². The van der Waals surface area contributed by atoms with Gasteiger partial charge in [-0.2, -0.15) is 0 Å². The van der Waals surface area contributed by atoms with Crippen molar-refractivity contribution in [3.8, 4) is 11.1 Å². The number of aliphatic carboxylic acids is 1. The van der Waals surface area contributed by atoms with E-state index in [9.17, 15) is 14.7 Å². The number of rotatable bonds is 5. The lowest BCUT2D eigenvalue weighted by Gasteiger charge is -2.15. The van der Waals surface area contributed by atoms with E-state index in [4.69, 9.17) is 4.74 Å². The van der Waals surface area contributed by atoms with Crippen LogP contribution < -0.4 is 5.32 Å². The summed E-state index contributed by atoms with van der Waals surface area (Å²) in [6, 6.07) is 23.4. The molecule has 1 fully saturated rings. The number of benzene rings is 3. The third-order valence-electron chi connectivity index (χ3n) is 6.16. The smallest absolute Gasteiger partial charge is 0.411 e. The third-order valence-corrected chi connectivity index (χ3v) is 6.16. The summed E-state index contributed by atoms with van der Waals surface area (Å²) in [7, 11) is 0. The fourth-order valence-corrected chi connectivity index (χ4v) is 4.40. The molecule has 0 atom stereocenters. The van der Waals surface area contributed by atoms with E-state index in [1.807, 2.05) is 24.3 Å². The lowest BCUT2D eigenvalue weighted by Crippen LogP contribution is -2.21. The van der Waals surface area contributed by atoms with E-state index in [-0.39, 0.29) is 12.5 Å². The Morgan fingerprint density at radius 1 is 0.933 bits per heavy atom. The first-order chi connectivity index (χ1) is 14.6. The molecule has 0 unspecified atom stereocenters. The second kappa shape index (κ2) is 7.02. The predicted molar refractivity (Wildman–Crippen MR) is 114 cm³/mol. The number of carbonyl (C=O) groups is 2. The Kier molecular flexibility index (Phi) is 4.31. The van der Waals surface area contributed by atoms with Gasteiger partial charge < -0.3 is 9.84 Å². The normalized spacial score (nSPS) is 15.7. The molecule has 1 saturated carbocycles. The molecule has 2 aliphatic rings. The number of carboxylic acids is 1. The summed E-state index contributed by atoms with van der Waals surface area (Å²) < 4.78 is 5.57. The highest BCUT2D eigenvalue weighted by atomic mass is 16.5. The van der Waals surface area contributed by atoms with Crippen LogP contribution in [0.1, 0.15) is 35.4 Å². The minimum atomic E-state index is -0.819. The maximum Gasteiger partial charge on any atom is 0.411 e. The Morgan fingerprint density at radius 3 is 2.17 bits per heavy atom. The fraction of sp³-hybridized carbons (Fsp3) is 0.200. The molecule has 5 nitrogen and oxygen atoms in total. The Hall–Kier alpha value is -3.60. The van der Waals surface area contributed by atoms with Crippen molar-refractivity contribution in [3.05, 3.63) is 89.5 Å². The van der Waals surface area contributed by atoms with Crippen LogP contribution in [0.15, 0.2) is 72.8 Å². The zero-order valence-corrected chi connectivity index (χ0v) is 16.3. The van der Waals surface area contributed by atoms with Crippen molar-refractivity contribution in [1.82, 2.24) is 0 Å². The first-order valence-electron chi connectivity index (χ1n) is 10.0. The third kappa shape index (κ3) is 3.03. The van der Waals surface area contributed by atoms with Crippen molar-refractivity contribution in [2.24, 2.45) is 0 Å². The summed E-state index contributed by atoms with van der Waals surface area (Å²) in [6.45, 7) is 0.235. The van der Waals surface area contributed by atoms with E-state index < -0.39 is 17.5 Å². The number of anilines is 1. The molecule has 30 heavy (non-hydrogen) atoms. The van der Waals surface area contributed by atoms with Crippen LogP contribution in [-0.4, -0.2) is 23.8 Å². The first kappa shape index (κ1) is 18.4. The molecule has 3 aromatic carbocycles. The number of hydrogen-bond donors (Lipinski definition) is 2. The Morgan fingerprint density at radius 2 is 1.57 bits per heavy atom. The molecule has 150 valence electrons. The second-order valence-corrected chi connectivity index (χ2v) is 7.92. The van der Waals surface area contributed by atoms with Gasteiger partial charge in [0.2, 0.25) is 0 Å². The Balaban J connectivity index is 1.29. The van der Waals surface area contributed by atoms with E-state index in [1.54, 1.807) is 24.3 Å². The van der Waals surface area contributed by atoms with Gasteiger partial charge in [0.1, 0.15) is 6.61 Å². The van der Waals surface area contributed by atoms with Crippen molar-refractivity contribution in [3.63, 3.8) is 0 Å². The van der Waals surface area contributed by atoms with Crippen LogP contribution in [0.2, 0.25) is 0 Å². The van der Waals surface area contributed by atoms with Gasteiger partial charge in [0.05, 0.1) is 5.41 Å². The van der Waals surface area contributed by atoms with Crippen molar-refractivity contribution >= 4 is 17.7 Å². The summed E-state index contributed by atoms with van der Waals surface area (Å²) >= 11 is 0. The average molecular weight is 399 g/mol. The standard InChI is InChI=1S/C25H21NO4/c27-23(28)25(12-13-25)16-6-5-7-17(14-16)26-24(29)30-15-22-20-10-3-1-8-18(20)19-9-2-4-11-21(19)22/h1-11,14,22H,12-13,15H2,(H,26,29)(H,27,28). The van der Waals surface area contributed by atoms with Crippen LogP contribution in [0, 0.1) is 0 Å². The van der Waals surface area contributed by atoms with E-state index in [2.05, 4.69) is 29.6 Å². The highest BCUT2D eigenvalue weighted by Gasteiger charge is 2.51. The van der Waals surface area contributed by atoms with E-state index >= 15 is 0 Å². The Labute approximate surface area is 174 Å². The van der Waals surface area contributed by atoms with E-state index in [0.717, 1.165) is 11.1 Å². The van der Waals surface area contributed by atoms with Gasteiger partial charge in [-0.05, 0) is 52.8 Å². The van der Waals surface area contributed by atoms with Gasteiger partial charge in [-0.15, -0.1) is 0 Å². The highest BCUT2D eigenvalue weighted by Crippen LogP contribution is 2.49. The first-order valence-corrected chi connectivity index (χ1v) is 10.0. The number of hydrogen-bond acceptors (Lipinski definition) is 3. The monoisotopic (exact) mass is 399 g/mol. The molecule has 3 aromatic rings. The molecule has 0 radical (unpaired) electrons. The lowest BCUT2D eigenvalue weighted by molar-refractivity contribution is -0.140. The van der Waals surface area contributed by atoms with Crippen LogP contribution in [0.25, 0.3) is 11.1 Å². The Bertz CT molecular complexity index is 1100. The quantitative estimate of drug-likeness (QED) is 0.621. The molecule has 0 saturated heterocycles. The molecule has 0 heterocycles. The number of fused-ring (bicyclic) bond motifs is 3. The van der Waals surface area contributed by atoms with Gasteiger partial charge in [-0.25, -0.2) is 4.79 Å². The zero-order valence-electron chi connectivity index (χ0n) is 16.3. The van der Waals surface area contributed by atoms with Gasteiger partial charge in [0.25, 0.3) is 0 Å². The highest BCUT2D eigenvalue weighted by molar-refractivity contribution is 5.88. The summed E-state index contributed by atoms with van der Waals surface area (Å²) in [5.74, 6) is -0.822. The molecular weight excluding hydrogens is 378 g/mol. The molecule has 2 aliphatic carbocycles. The van der Waals surface area contributed by atoms with Gasteiger partial charge in [0.15, 0.2) is 0 Å². The van der Waals surface area contributed by atoms with Crippen LogP contribution >= 0.6 is 0 Å². The topological polar surface area (TPSA) is 75.6 Å². The van der Waals surface area contributed by atoms with Gasteiger partial charge in [-0.1, -0.05) is 60.7 Å². The van der Waals surface area contributed by atoms with E-state index in [1.165, 1.54) is 11.1 Å². The SMILES string of the molecule is O=C(Nc1cccc(C2(C(=O)O)CC2)c1)OCC1c2ccccc2-c2ccccc21. The van der Waals surface area contributed by atoms with Gasteiger partial charge in [-0.3, -0.25) is 10.1 Å². The zero-order chi connectivity index (χ0) is 20.7. The van der Waals surface area contributed by atoms with Crippen LogP contribution in [-0.2, 0) is 14.9 Å². The average Bonchev–Trinajstić information content (AvgIpc) is 3.52. The number of nitrogens with one attached hydrogen (secondary N) is 1. The minimum Gasteiger partial charge on any atom is -0.481 e. The molecule has 0 aliphatic heterocycles. The molecular formula is C25H21NO4. The van der Waals surface area contributed by atoms with Crippen molar-refractivity contribution in [2.75, 3.05) is 11.9 Å². The van der Waals surface area contributed by atoms with Gasteiger partial charge in [0, 0.05) is 11.6 Å². The molecule has 0 spiro atoms. The number of ether oxygens (including phenoxy) is 1. The molecule has 1 amide bonds. The number of carboxylic acid groups (broad SMARTS) is 1. The second-order valence-electron chi connectivity index (χ2n) is 7.92. The van der Waals surface area contributed by atoms with Gasteiger partial charge >= 0.3 is 12.1 Å². The molecule has 5 heteroatoms. The predicted octanol–water partition coefficient (Wildman–Crippen LogP) is 5.16. The van der Waals surface area contributed by atoms with Crippen molar-refractivity contribution < 1.29 is 19.4 Å². The summed E-state index contributed by atoms with van der Waals surface area (Å²) in [5.41, 5.74) is 5.12. The maximum absolute atomic E-state index is 12.5. The molecule has 0 bridgehead atoms. The number of amides is 1. The van der Waals surface area contributed by atoms with E-state index in [0.29, 0.717) is 24.1 Å². The summed E-state index contributed by atoms with van der Waals surface area (Å²) in [6.07, 6.45) is 0.696. The van der Waals surface area contributed by atoms with Crippen LogP contribution in [0.5, 0.6) is 0 Å². The van der Waals surface area contributed by atoms with Crippen molar-refractivity contribution in [1.29, 1.82) is 0 Å². The molecule has 5 rings (SSSR count). The lowest BCUT2D eigenvalue weighted by atomic mass is 9.96. The summed E-state index contributed by atoms with van der Waals surface area (Å²) in [5, 5.41) is 12.2. The largest absolute Gasteiger partial charge is 0.481 e. The minimum absolute atomic E-state index is 0.00349.